The Bertz CT molecular complexity index is 579. The molecule has 0 aromatic carbocycles. The lowest BCUT2D eigenvalue weighted by atomic mass is 9.99. The fraction of sp³-hybridized carbons (Fsp3) is 0.714. The predicted molar refractivity (Wildman–Crippen MR) is 85.5 cm³/mol. The third kappa shape index (κ3) is 4.81. The molecule has 1 heterocycles. The molecular weight excluding hydrogens is 356 g/mol. The van der Waals surface area contributed by atoms with Gasteiger partial charge in [-0.25, -0.2) is 13.1 Å². The first kappa shape index (κ1) is 17.0. The molecule has 0 aliphatic heterocycles. The molecule has 2 rings (SSSR count). The fourth-order valence-corrected chi connectivity index (χ4v) is 3.89. The number of hydrogen-bond acceptors (Lipinski definition) is 4. The first-order valence-corrected chi connectivity index (χ1v) is 9.58. The molecule has 0 saturated heterocycles. The average molecular weight is 379 g/mol. The molecule has 1 saturated carbocycles. The standard InChI is InChI=1S/C14H23BrN2O3S/c1-9(2)10(3)7-17-21(18,19)13-6-12(20-14(13)15)8-16-11-4-5-11/h6,9-11,16-17H,4-5,7-8H2,1-3H3. The zero-order valence-corrected chi connectivity index (χ0v) is 15.1. The summed E-state index contributed by atoms with van der Waals surface area (Å²) in [6.45, 7) is 7.17. The van der Waals surface area contributed by atoms with E-state index >= 15 is 0 Å². The van der Waals surface area contributed by atoms with Crippen molar-refractivity contribution >= 4 is 26.0 Å². The van der Waals surface area contributed by atoms with Crippen molar-refractivity contribution in [2.45, 2.75) is 51.1 Å². The monoisotopic (exact) mass is 378 g/mol. The minimum atomic E-state index is -3.54. The molecule has 0 amide bonds. The van der Waals surface area contributed by atoms with Crippen molar-refractivity contribution < 1.29 is 12.8 Å². The van der Waals surface area contributed by atoms with Crippen LogP contribution in [0.1, 0.15) is 39.4 Å². The van der Waals surface area contributed by atoms with Gasteiger partial charge in [-0.2, -0.15) is 0 Å². The van der Waals surface area contributed by atoms with Gasteiger partial charge in [-0.3, -0.25) is 0 Å². The van der Waals surface area contributed by atoms with Crippen molar-refractivity contribution in [2.75, 3.05) is 6.54 Å². The van der Waals surface area contributed by atoms with Crippen molar-refractivity contribution in [3.8, 4) is 0 Å². The average Bonchev–Trinajstić information content (AvgIpc) is 3.16. The molecular formula is C14H23BrN2O3S. The Morgan fingerprint density at radius 2 is 2.05 bits per heavy atom. The first-order valence-electron chi connectivity index (χ1n) is 7.31. The molecule has 5 nitrogen and oxygen atoms in total. The maximum Gasteiger partial charge on any atom is 0.244 e. The maximum atomic E-state index is 12.3. The second kappa shape index (κ2) is 6.81. The van der Waals surface area contributed by atoms with E-state index in [4.69, 9.17) is 4.42 Å². The number of nitrogens with one attached hydrogen (secondary N) is 2. The molecule has 0 radical (unpaired) electrons. The Kier molecular flexibility index (Phi) is 5.51. The molecule has 120 valence electrons. The first-order chi connectivity index (χ1) is 9.79. The highest BCUT2D eigenvalue weighted by Crippen LogP contribution is 2.27. The number of furan rings is 1. The molecule has 0 spiro atoms. The van der Waals surface area contributed by atoms with E-state index in [0.717, 1.165) is 0 Å². The lowest BCUT2D eigenvalue weighted by Crippen LogP contribution is -2.30. The van der Waals surface area contributed by atoms with E-state index in [1.54, 1.807) is 6.07 Å². The third-order valence-electron chi connectivity index (χ3n) is 3.87. The van der Waals surface area contributed by atoms with Crippen LogP contribution in [0.3, 0.4) is 0 Å². The summed E-state index contributed by atoms with van der Waals surface area (Å²) < 4.78 is 33.0. The van der Waals surface area contributed by atoms with Gasteiger partial charge in [-0.05, 0) is 40.6 Å². The summed E-state index contributed by atoms with van der Waals surface area (Å²) in [5.74, 6) is 1.34. The topological polar surface area (TPSA) is 71.3 Å². The Hall–Kier alpha value is -0.370. The number of sulfonamides is 1. The summed E-state index contributed by atoms with van der Waals surface area (Å²) >= 11 is 3.20. The zero-order chi connectivity index (χ0) is 15.6. The van der Waals surface area contributed by atoms with Crippen LogP contribution in [0.5, 0.6) is 0 Å². The van der Waals surface area contributed by atoms with E-state index < -0.39 is 10.0 Å². The lowest BCUT2D eigenvalue weighted by Gasteiger charge is -2.15. The van der Waals surface area contributed by atoms with Crippen molar-refractivity contribution in [1.29, 1.82) is 0 Å². The van der Waals surface area contributed by atoms with Crippen LogP contribution in [0.15, 0.2) is 20.0 Å². The Morgan fingerprint density at radius 1 is 1.38 bits per heavy atom. The van der Waals surface area contributed by atoms with Crippen LogP contribution < -0.4 is 10.0 Å². The second-order valence-corrected chi connectivity index (χ2v) is 8.53. The molecule has 21 heavy (non-hydrogen) atoms. The number of halogens is 1. The van der Waals surface area contributed by atoms with Crippen LogP contribution >= 0.6 is 15.9 Å². The molecule has 1 fully saturated rings. The largest absolute Gasteiger partial charge is 0.452 e. The highest BCUT2D eigenvalue weighted by Gasteiger charge is 2.25. The zero-order valence-electron chi connectivity index (χ0n) is 12.6. The summed E-state index contributed by atoms with van der Waals surface area (Å²) in [5.41, 5.74) is 0. The quantitative estimate of drug-likeness (QED) is 0.729. The van der Waals surface area contributed by atoms with E-state index in [2.05, 4.69) is 39.8 Å². The number of rotatable bonds is 8. The van der Waals surface area contributed by atoms with E-state index in [-0.39, 0.29) is 15.5 Å². The molecule has 1 unspecified atom stereocenters. The molecule has 1 atom stereocenters. The van der Waals surface area contributed by atoms with Crippen molar-refractivity contribution in [1.82, 2.24) is 10.0 Å². The smallest absolute Gasteiger partial charge is 0.244 e. The summed E-state index contributed by atoms with van der Waals surface area (Å²) in [5, 5.41) is 3.30. The van der Waals surface area contributed by atoms with E-state index in [0.29, 0.717) is 30.8 Å². The van der Waals surface area contributed by atoms with Gasteiger partial charge in [-0.1, -0.05) is 20.8 Å². The van der Waals surface area contributed by atoms with Gasteiger partial charge >= 0.3 is 0 Å². The molecule has 1 aliphatic carbocycles. The Balaban J connectivity index is 2.00. The van der Waals surface area contributed by atoms with Crippen LogP contribution in [0.4, 0.5) is 0 Å². The van der Waals surface area contributed by atoms with E-state index in [1.807, 2.05) is 6.92 Å². The van der Waals surface area contributed by atoms with Crippen LogP contribution in [0, 0.1) is 11.8 Å². The van der Waals surface area contributed by atoms with Crippen molar-refractivity contribution in [3.63, 3.8) is 0 Å². The van der Waals surface area contributed by atoms with E-state index in [9.17, 15) is 8.42 Å². The minimum Gasteiger partial charge on any atom is -0.452 e. The van der Waals surface area contributed by atoms with Gasteiger partial charge in [0, 0.05) is 18.7 Å². The fourth-order valence-electron chi connectivity index (χ4n) is 1.76. The van der Waals surface area contributed by atoms with E-state index in [1.165, 1.54) is 12.8 Å². The van der Waals surface area contributed by atoms with Gasteiger partial charge in [0.05, 0.1) is 6.54 Å². The van der Waals surface area contributed by atoms with Crippen molar-refractivity contribution in [3.05, 3.63) is 16.5 Å². The molecule has 7 heteroatoms. The third-order valence-corrected chi connectivity index (χ3v) is 6.15. The van der Waals surface area contributed by atoms with Gasteiger partial charge in [0.15, 0.2) is 4.67 Å². The molecule has 0 bridgehead atoms. The van der Waals surface area contributed by atoms with Gasteiger partial charge in [0.2, 0.25) is 10.0 Å². The minimum absolute atomic E-state index is 0.172. The van der Waals surface area contributed by atoms with Crippen LogP contribution in [-0.4, -0.2) is 21.0 Å². The molecule has 1 aromatic rings. The summed E-state index contributed by atoms with van der Waals surface area (Å²) in [7, 11) is -3.54. The highest BCUT2D eigenvalue weighted by molar-refractivity contribution is 9.10. The summed E-state index contributed by atoms with van der Waals surface area (Å²) in [4.78, 5) is 0.172. The summed E-state index contributed by atoms with van der Waals surface area (Å²) in [6.07, 6.45) is 2.36. The number of hydrogen-bond donors (Lipinski definition) is 2. The van der Waals surface area contributed by atoms with Crippen molar-refractivity contribution in [2.24, 2.45) is 11.8 Å². The van der Waals surface area contributed by atoms with Gasteiger partial charge in [-0.15, -0.1) is 0 Å². The highest BCUT2D eigenvalue weighted by atomic mass is 79.9. The van der Waals surface area contributed by atoms with Crippen LogP contribution in [0.2, 0.25) is 0 Å². The lowest BCUT2D eigenvalue weighted by molar-refractivity contribution is 0.414. The predicted octanol–water partition coefficient (Wildman–Crippen LogP) is 2.86. The second-order valence-electron chi connectivity index (χ2n) is 6.08. The SMILES string of the molecule is CC(C)C(C)CNS(=O)(=O)c1cc(CNC2CC2)oc1Br. The Labute approximate surface area is 135 Å². The molecule has 2 N–H and O–H groups in total. The normalized spacial score (nSPS) is 17.4. The maximum absolute atomic E-state index is 12.3. The van der Waals surface area contributed by atoms with Gasteiger partial charge < -0.3 is 9.73 Å². The Morgan fingerprint density at radius 3 is 2.62 bits per heavy atom. The van der Waals surface area contributed by atoms with Crippen LogP contribution in [0.25, 0.3) is 0 Å². The molecule has 1 aromatic heterocycles. The van der Waals surface area contributed by atoms with Gasteiger partial charge in [0.1, 0.15) is 10.7 Å². The van der Waals surface area contributed by atoms with Gasteiger partial charge in [0.25, 0.3) is 0 Å². The van der Waals surface area contributed by atoms with Crippen LogP contribution in [-0.2, 0) is 16.6 Å². The summed E-state index contributed by atoms with van der Waals surface area (Å²) in [6, 6.07) is 2.14. The molecule has 1 aliphatic rings.